The van der Waals surface area contributed by atoms with Crippen molar-refractivity contribution in [3.05, 3.63) is 36.4 Å². The number of carbonyl (C=O) groups excluding carboxylic acids is 1. The van der Waals surface area contributed by atoms with E-state index in [2.05, 4.69) is 19.9 Å². The van der Waals surface area contributed by atoms with Gasteiger partial charge in [0.1, 0.15) is 17.4 Å². The Bertz CT molecular complexity index is 617. The van der Waals surface area contributed by atoms with Crippen molar-refractivity contribution in [3.63, 3.8) is 0 Å². The summed E-state index contributed by atoms with van der Waals surface area (Å²) in [5, 5.41) is 0. The summed E-state index contributed by atoms with van der Waals surface area (Å²) in [6, 6.07) is 5.86. The highest BCUT2D eigenvalue weighted by Crippen LogP contribution is 2.23. The SMILES string of the molecule is Cc1nc(-c2ccncc2)cc(N2CCC(=O)CC2)n1. The summed E-state index contributed by atoms with van der Waals surface area (Å²) >= 11 is 0. The predicted octanol–water partition coefficient (Wildman–Crippen LogP) is 2.02. The Morgan fingerprint density at radius 3 is 2.50 bits per heavy atom. The number of piperidine rings is 1. The number of ketones is 1. The first-order valence-electron chi connectivity index (χ1n) is 6.75. The van der Waals surface area contributed by atoms with Crippen molar-refractivity contribution < 1.29 is 4.79 Å². The summed E-state index contributed by atoms with van der Waals surface area (Å²) in [5.74, 6) is 1.98. The minimum Gasteiger partial charge on any atom is -0.356 e. The van der Waals surface area contributed by atoms with Gasteiger partial charge in [-0.2, -0.15) is 0 Å². The molecule has 2 aromatic rings. The maximum Gasteiger partial charge on any atom is 0.136 e. The lowest BCUT2D eigenvalue weighted by Crippen LogP contribution is -2.34. The molecule has 3 rings (SSSR count). The molecule has 0 radical (unpaired) electrons. The van der Waals surface area contributed by atoms with Gasteiger partial charge in [-0.05, 0) is 19.1 Å². The summed E-state index contributed by atoms with van der Waals surface area (Å²) in [5.41, 5.74) is 1.92. The van der Waals surface area contributed by atoms with E-state index in [0.29, 0.717) is 18.6 Å². The number of carbonyl (C=O) groups is 1. The average molecular weight is 268 g/mol. The first-order valence-corrected chi connectivity index (χ1v) is 6.75. The van der Waals surface area contributed by atoms with E-state index >= 15 is 0 Å². The molecule has 0 saturated carbocycles. The van der Waals surface area contributed by atoms with E-state index in [0.717, 1.165) is 36.0 Å². The number of aryl methyl sites for hydroxylation is 1. The molecule has 1 saturated heterocycles. The van der Waals surface area contributed by atoms with Gasteiger partial charge in [0, 0.05) is 50.0 Å². The van der Waals surface area contributed by atoms with Crippen LogP contribution in [0.5, 0.6) is 0 Å². The van der Waals surface area contributed by atoms with Gasteiger partial charge in [0.05, 0.1) is 5.69 Å². The quantitative estimate of drug-likeness (QED) is 0.834. The number of hydrogen-bond acceptors (Lipinski definition) is 5. The molecule has 102 valence electrons. The molecule has 0 unspecified atom stereocenters. The molecule has 0 amide bonds. The van der Waals surface area contributed by atoms with Gasteiger partial charge in [-0.15, -0.1) is 0 Å². The molecule has 1 aliphatic rings. The Labute approximate surface area is 117 Å². The van der Waals surface area contributed by atoms with Crippen LogP contribution >= 0.6 is 0 Å². The van der Waals surface area contributed by atoms with Crippen molar-refractivity contribution in [1.82, 2.24) is 15.0 Å². The Morgan fingerprint density at radius 2 is 1.80 bits per heavy atom. The molecular formula is C15H16N4O. The number of nitrogens with zero attached hydrogens (tertiary/aromatic N) is 4. The highest BCUT2D eigenvalue weighted by molar-refractivity contribution is 5.81. The second kappa shape index (κ2) is 5.36. The summed E-state index contributed by atoms with van der Waals surface area (Å²) in [4.78, 5) is 26.5. The summed E-state index contributed by atoms with van der Waals surface area (Å²) < 4.78 is 0. The van der Waals surface area contributed by atoms with Crippen LogP contribution in [0.15, 0.2) is 30.6 Å². The Morgan fingerprint density at radius 1 is 1.10 bits per heavy atom. The van der Waals surface area contributed by atoms with E-state index in [9.17, 15) is 4.79 Å². The van der Waals surface area contributed by atoms with Gasteiger partial charge in [0.25, 0.3) is 0 Å². The van der Waals surface area contributed by atoms with Gasteiger partial charge in [-0.25, -0.2) is 9.97 Å². The smallest absolute Gasteiger partial charge is 0.136 e. The third kappa shape index (κ3) is 2.66. The van der Waals surface area contributed by atoms with Crippen LogP contribution in [0.1, 0.15) is 18.7 Å². The van der Waals surface area contributed by atoms with Crippen LogP contribution < -0.4 is 4.90 Å². The molecular weight excluding hydrogens is 252 g/mol. The van der Waals surface area contributed by atoms with E-state index in [1.807, 2.05) is 25.1 Å². The molecule has 1 fully saturated rings. The van der Waals surface area contributed by atoms with Gasteiger partial charge >= 0.3 is 0 Å². The Kier molecular flexibility index (Phi) is 3.41. The maximum atomic E-state index is 11.3. The van der Waals surface area contributed by atoms with E-state index < -0.39 is 0 Å². The first-order chi connectivity index (χ1) is 9.72. The third-order valence-corrected chi connectivity index (χ3v) is 3.45. The van der Waals surface area contributed by atoms with E-state index in [4.69, 9.17) is 0 Å². The number of Topliss-reactive ketones (excluding diaryl/α,β-unsaturated/α-hetero) is 1. The Hall–Kier alpha value is -2.30. The van der Waals surface area contributed by atoms with Crippen molar-refractivity contribution in [1.29, 1.82) is 0 Å². The van der Waals surface area contributed by atoms with Crippen molar-refractivity contribution in [3.8, 4) is 11.3 Å². The fourth-order valence-corrected chi connectivity index (χ4v) is 2.37. The lowest BCUT2D eigenvalue weighted by atomic mass is 10.1. The molecule has 0 atom stereocenters. The largest absolute Gasteiger partial charge is 0.356 e. The number of anilines is 1. The molecule has 5 nitrogen and oxygen atoms in total. The molecule has 2 aromatic heterocycles. The highest BCUT2D eigenvalue weighted by Gasteiger charge is 2.18. The highest BCUT2D eigenvalue weighted by atomic mass is 16.1. The number of aromatic nitrogens is 3. The zero-order valence-electron chi connectivity index (χ0n) is 11.4. The van der Waals surface area contributed by atoms with Crippen LogP contribution in [0.4, 0.5) is 5.82 Å². The van der Waals surface area contributed by atoms with Gasteiger partial charge in [0.15, 0.2) is 0 Å². The van der Waals surface area contributed by atoms with Gasteiger partial charge in [-0.3, -0.25) is 9.78 Å². The van der Waals surface area contributed by atoms with E-state index in [1.54, 1.807) is 12.4 Å². The molecule has 0 spiro atoms. The lowest BCUT2D eigenvalue weighted by Gasteiger charge is -2.27. The van der Waals surface area contributed by atoms with Crippen molar-refractivity contribution >= 4 is 11.6 Å². The van der Waals surface area contributed by atoms with Crippen LogP contribution in [0.3, 0.4) is 0 Å². The topological polar surface area (TPSA) is 59.0 Å². The number of pyridine rings is 1. The second-order valence-corrected chi connectivity index (χ2v) is 4.92. The monoisotopic (exact) mass is 268 g/mol. The summed E-state index contributed by atoms with van der Waals surface area (Å²) in [7, 11) is 0. The van der Waals surface area contributed by atoms with Crippen molar-refractivity contribution in [2.45, 2.75) is 19.8 Å². The van der Waals surface area contributed by atoms with Crippen molar-refractivity contribution in [2.75, 3.05) is 18.0 Å². The average Bonchev–Trinajstić information content (AvgIpc) is 2.48. The first kappa shape index (κ1) is 12.7. The van der Waals surface area contributed by atoms with Crippen LogP contribution in [-0.2, 0) is 4.79 Å². The molecule has 5 heteroatoms. The zero-order valence-corrected chi connectivity index (χ0v) is 11.4. The maximum absolute atomic E-state index is 11.3. The molecule has 0 N–H and O–H groups in total. The van der Waals surface area contributed by atoms with E-state index in [-0.39, 0.29) is 0 Å². The van der Waals surface area contributed by atoms with Crippen LogP contribution in [0.25, 0.3) is 11.3 Å². The van der Waals surface area contributed by atoms with Crippen LogP contribution in [0, 0.1) is 6.92 Å². The van der Waals surface area contributed by atoms with Crippen molar-refractivity contribution in [2.24, 2.45) is 0 Å². The molecule has 20 heavy (non-hydrogen) atoms. The predicted molar refractivity (Wildman–Crippen MR) is 76.5 cm³/mol. The Balaban J connectivity index is 1.93. The van der Waals surface area contributed by atoms with Gasteiger partial charge in [-0.1, -0.05) is 0 Å². The molecule has 1 aliphatic heterocycles. The molecule has 0 aliphatic carbocycles. The van der Waals surface area contributed by atoms with E-state index in [1.165, 1.54) is 0 Å². The standard InChI is InChI=1S/C15H16N4O/c1-11-17-14(12-2-6-16-7-3-12)10-15(18-11)19-8-4-13(20)5-9-19/h2-3,6-7,10H,4-5,8-9H2,1H3. The molecule has 3 heterocycles. The van der Waals surface area contributed by atoms with Crippen LogP contribution in [-0.4, -0.2) is 33.8 Å². The summed E-state index contributed by atoms with van der Waals surface area (Å²) in [6.45, 7) is 3.37. The fourth-order valence-electron chi connectivity index (χ4n) is 2.37. The number of hydrogen-bond donors (Lipinski definition) is 0. The zero-order chi connectivity index (χ0) is 13.9. The second-order valence-electron chi connectivity index (χ2n) is 4.92. The number of rotatable bonds is 2. The molecule has 0 aromatic carbocycles. The molecule has 0 bridgehead atoms. The lowest BCUT2D eigenvalue weighted by molar-refractivity contribution is -0.119. The van der Waals surface area contributed by atoms with Crippen LogP contribution in [0.2, 0.25) is 0 Å². The third-order valence-electron chi connectivity index (χ3n) is 3.45. The fraction of sp³-hybridized carbons (Fsp3) is 0.333. The normalized spacial score (nSPS) is 15.4. The van der Waals surface area contributed by atoms with Gasteiger partial charge in [0.2, 0.25) is 0 Å². The minimum absolute atomic E-state index is 0.335. The van der Waals surface area contributed by atoms with Gasteiger partial charge < -0.3 is 4.90 Å². The minimum atomic E-state index is 0.335. The summed E-state index contributed by atoms with van der Waals surface area (Å²) in [6.07, 6.45) is 4.72.